The summed E-state index contributed by atoms with van der Waals surface area (Å²) >= 11 is 1.50. The number of nitrogens with zero attached hydrogens (tertiary/aromatic N) is 2. The van der Waals surface area contributed by atoms with Crippen molar-refractivity contribution in [3.63, 3.8) is 0 Å². The van der Waals surface area contributed by atoms with Gasteiger partial charge < -0.3 is 4.90 Å². The first-order valence-electron chi connectivity index (χ1n) is 5.33. The van der Waals surface area contributed by atoms with Crippen molar-refractivity contribution in [2.45, 2.75) is 20.8 Å². The van der Waals surface area contributed by atoms with Crippen LogP contribution in [-0.4, -0.2) is 23.9 Å². The number of amides is 1. The number of rotatable bonds is 4. The third-order valence-electron chi connectivity index (χ3n) is 2.33. The molecule has 0 fully saturated rings. The molecule has 0 bridgehead atoms. The van der Waals surface area contributed by atoms with Gasteiger partial charge in [0.05, 0.1) is 16.9 Å². The lowest BCUT2D eigenvalue weighted by Crippen LogP contribution is -2.33. The van der Waals surface area contributed by atoms with Gasteiger partial charge in [-0.2, -0.15) is 5.26 Å². The van der Waals surface area contributed by atoms with E-state index < -0.39 is 0 Å². The molecule has 16 heavy (non-hydrogen) atoms. The number of carbonyl (C=O) groups excluding carboxylic acids is 1. The Labute approximate surface area is 100 Å². The van der Waals surface area contributed by atoms with Crippen LogP contribution in [0.4, 0.5) is 0 Å². The summed E-state index contributed by atoms with van der Waals surface area (Å²) in [6.45, 7) is 6.89. The first-order chi connectivity index (χ1) is 7.58. The van der Waals surface area contributed by atoms with Gasteiger partial charge in [0.1, 0.15) is 0 Å². The molecule has 1 rings (SSSR count). The van der Waals surface area contributed by atoms with Crippen molar-refractivity contribution in [3.8, 4) is 6.07 Å². The van der Waals surface area contributed by atoms with E-state index in [9.17, 15) is 4.79 Å². The second-order valence-corrected chi connectivity index (χ2v) is 5.07. The maximum Gasteiger partial charge on any atom is 0.263 e. The highest BCUT2D eigenvalue weighted by atomic mass is 32.1. The SMILES string of the molecule is CCN(C[C@H](C)C#N)C(=O)c1ccc(C)s1. The van der Waals surface area contributed by atoms with Gasteiger partial charge in [-0.3, -0.25) is 4.79 Å². The molecule has 3 nitrogen and oxygen atoms in total. The van der Waals surface area contributed by atoms with Crippen molar-refractivity contribution in [1.82, 2.24) is 4.90 Å². The summed E-state index contributed by atoms with van der Waals surface area (Å²) in [7, 11) is 0. The summed E-state index contributed by atoms with van der Waals surface area (Å²) in [6, 6.07) is 5.94. The summed E-state index contributed by atoms with van der Waals surface area (Å²) in [4.78, 5) is 15.7. The van der Waals surface area contributed by atoms with E-state index in [0.29, 0.717) is 13.1 Å². The first-order valence-corrected chi connectivity index (χ1v) is 6.15. The molecular formula is C12H16N2OS. The smallest absolute Gasteiger partial charge is 0.263 e. The van der Waals surface area contributed by atoms with Crippen LogP contribution in [0.15, 0.2) is 12.1 Å². The monoisotopic (exact) mass is 236 g/mol. The van der Waals surface area contributed by atoms with Gasteiger partial charge in [-0.15, -0.1) is 11.3 Å². The van der Waals surface area contributed by atoms with Crippen LogP contribution < -0.4 is 0 Å². The summed E-state index contributed by atoms with van der Waals surface area (Å²) in [5.74, 6) is -0.0901. The van der Waals surface area contributed by atoms with E-state index in [0.717, 1.165) is 9.75 Å². The predicted octanol–water partition coefficient (Wildman–Crippen LogP) is 2.68. The van der Waals surface area contributed by atoms with Gasteiger partial charge in [0.25, 0.3) is 5.91 Å². The van der Waals surface area contributed by atoms with E-state index in [1.54, 1.807) is 4.90 Å². The molecule has 86 valence electrons. The Morgan fingerprint density at radius 1 is 1.62 bits per heavy atom. The fraction of sp³-hybridized carbons (Fsp3) is 0.500. The number of aryl methyl sites for hydroxylation is 1. The van der Waals surface area contributed by atoms with Crippen molar-refractivity contribution < 1.29 is 4.79 Å². The van der Waals surface area contributed by atoms with Crippen LogP contribution in [0.1, 0.15) is 28.4 Å². The van der Waals surface area contributed by atoms with Crippen molar-refractivity contribution in [1.29, 1.82) is 5.26 Å². The minimum absolute atomic E-state index is 0.0303. The summed E-state index contributed by atoms with van der Waals surface area (Å²) in [6.07, 6.45) is 0. The van der Waals surface area contributed by atoms with E-state index in [1.807, 2.05) is 32.9 Å². The molecule has 0 saturated carbocycles. The summed E-state index contributed by atoms with van der Waals surface area (Å²) in [5, 5.41) is 8.75. The Morgan fingerprint density at radius 2 is 2.31 bits per heavy atom. The van der Waals surface area contributed by atoms with Crippen LogP contribution >= 0.6 is 11.3 Å². The number of carbonyl (C=O) groups is 1. The summed E-state index contributed by atoms with van der Waals surface area (Å²) in [5.41, 5.74) is 0. The van der Waals surface area contributed by atoms with Gasteiger partial charge in [0, 0.05) is 18.0 Å². The quantitative estimate of drug-likeness (QED) is 0.806. The van der Waals surface area contributed by atoms with Gasteiger partial charge in [0.2, 0.25) is 0 Å². The van der Waals surface area contributed by atoms with Crippen LogP contribution in [0.5, 0.6) is 0 Å². The molecule has 4 heteroatoms. The number of hydrogen-bond donors (Lipinski definition) is 0. The highest BCUT2D eigenvalue weighted by Crippen LogP contribution is 2.17. The second-order valence-electron chi connectivity index (χ2n) is 3.78. The van der Waals surface area contributed by atoms with Crippen molar-refractivity contribution in [2.75, 3.05) is 13.1 Å². The Hall–Kier alpha value is -1.34. The molecule has 0 aliphatic carbocycles. The van der Waals surface area contributed by atoms with Crippen molar-refractivity contribution >= 4 is 17.2 Å². The lowest BCUT2D eigenvalue weighted by molar-refractivity contribution is 0.0757. The highest BCUT2D eigenvalue weighted by Gasteiger charge is 2.17. The number of thiophene rings is 1. The Bertz CT molecular complexity index is 405. The molecule has 0 aliphatic rings. The normalized spacial score (nSPS) is 11.9. The fourth-order valence-corrected chi connectivity index (χ4v) is 2.27. The molecule has 0 aromatic carbocycles. The average molecular weight is 236 g/mol. The maximum atomic E-state index is 12.1. The average Bonchev–Trinajstić information content (AvgIpc) is 2.71. The van der Waals surface area contributed by atoms with Gasteiger partial charge in [-0.05, 0) is 32.9 Å². The molecule has 1 aromatic heterocycles. The molecular weight excluding hydrogens is 220 g/mol. The minimum atomic E-state index is -0.120. The molecule has 0 aliphatic heterocycles. The molecule has 1 amide bonds. The van der Waals surface area contributed by atoms with E-state index in [1.165, 1.54) is 11.3 Å². The molecule has 1 aromatic rings. The van der Waals surface area contributed by atoms with Crippen LogP contribution in [0.3, 0.4) is 0 Å². The topological polar surface area (TPSA) is 44.1 Å². The molecule has 1 heterocycles. The lowest BCUT2D eigenvalue weighted by Gasteiger charge is -2.21. The Kier molecular flexibility index (Phi) is 4.51. The Balaban J connectivity index is 2.74. The van der Waals surface area contributed by atoms with Gasteiger partial charge in [-0.25, -0.2) is 0 Å². The second kappa shape index (κ2) is 5.66. The fourth-order valence-electron chi connectivity index (χ4n) is 1.43. The Morgan fingerprint density at radius 3 is 2.75 bits per heavy atom. The van der Waals surface area contributed by atoms with E-state index in [4.69, 9.17) is 5.26 Å². The largest absolute Gasteiger partial charge is 0.337 e. The van der Waals surface area contributed by atoms with E-state index >= 15 is 0 Å². The molecule has 0 radical (unpaired) electrons. The standard InChI is InChI=1S/C12H16N2OS/c1-4-14(8-9(2)7-13)12(15)11-6-5-10(3)16-11/h5-6,9H,4,8H2,1-3H3/t9-/m1/s1. The number of nitriles is 1. The van der Waals surface area contributed by atoms with Crippen LogP contribution in [0.2, 0.25) is 0 Å². The predicted molar refractivity (Wildman–Crippen MR) is 65.4 cm³/mol. The molecule has 0 saturated heterocycles. The van der Waals surface area contributed by atoms with Crippen LogP contribution in [0.25, 0.3) is 0 Å². The van der Waals surface area contributed by atoms with Gasteiger partial charge in [-0.1, -0.05) is 0 Å². The highest BCUT2D eigenvalue weighted by molar-refractivity contribution is 7.13. The van der Waals surface area contributed by atoms with Crippen LogP contribution in [-0.2, 0) is 0 Å². The van der Waals surface area contributed by atoms with E-state index in [2.05, 4.69) is 6.07 Å². The zero-order chi connectivity index (χ0) is 12.1. The molecule has 0 unspecified atom stereocenters. The van der Waals surface area contributed by atoms with Crippen molar-refractivity contribution in [3.05, 3.63) is 21.9 Å². The van der Waals surface area contributed by atoms with Crippen molar-refractivity contribution in [2.24, 2.45) is 5.92 Å². The zero-order valence-corrected chi connectivity index (χ0v) is 10.7. The van der Waals surface area contributed by atoms with E-state index in [-0.39, 0.29) is 11.8 Å². The van der Waals surface area contributed by atoms with Gasteiger partial charge in [0.15, 0.2) is 0 Å². The maximum absolute atomic E-state index is 12.1. The summed E-state index contributed by atoms with van der Waals surface area (Å²) < 4.78 is 0. The third-order valence-corrected chi connectivity index (χ3v) is 3.32. The minimum Gasteiger partial charge on any atom is -0.337 e. The van der Waals surface area contributed by atoms with Gasteiger partial charge >= 0.3 is 0 Å². The first kappa shape index (κ1) is 12.7. The number of hydrogen-bond acceptors (Lipinski definition) is 3. The van der Waals surface area contributed by atoms with Crippen LogP contribution in [0, 0.1) is 24.2 Å². The lowest BCUT2D eigenvalue weighted by atomic mass is 10.2. The molecule has 0 N–H and O–H groups in total. The third kappa shape index (κ3) is 3.07. The molecule has 1 atom stereocenters. The zero-order valence-electron chi connectivity index (χ0n) is 9.86. The molecule has 0 spiro atoms.